The second-order valence-corrected chi connectivity index (χ2v) is 4.05. The molecule has 0 saturated carbocycles. The Balaban J connectivity index is 2.70. The Morgan fingerprint density at radius 1 is 1.23 bits per heavy atom. The van der Waals surface area contributed by atoms with Gasteiger partial charge in [0.25, 0.3) is 10.1 Å². The summed E-state index contributed by atoms with van der Waals surface area (Å²) < 4.78 is 37.4. The summed E-state index contributed by atoms with van der Waals surface area (Å²) in [5, 5.41) is 0. The molecule has 3 nitrogen and oxygen atoms in total. The van der Waals surface area contributed by atoms with E-state index in [9.17, 15) is 12.8 Å². The molecule has 0 heterocycles. The molecule has 0 atom stereocenters. The van der Waals surface area contributed by atoms with E-state index in [0.29, 0.717) is 5.56 Å². The zero-order chi connectivity index (χ0) is 9.73. The van der Waals surface area contributed by atoms with E-state index < -0.39 is 17.0 Å². The third kappa shape index (κ3) is 3.52. The number of hydrogen-bond donors (Lipinski definition) is 0. The Morgan fingerprint density at radius 2 is 1.85 bits per heavy atom. The molecule has 1 aromatic carbocycles. The Kier molecular flexibility index (Phi) is 3.39. The van der Waals surface area contributed by atoms with Crippen molar-refractivity contribution in [2.24, 2.45) is 0 Å². The smallest absolute Gasteiger partial charge is 0.236 e. The summed E-state index contributed by atoms with van der Waals surface area (Å²) in [7, 11) is -3.76. The van der Waals surface area contributed by atoms with Crippen molar-refractivity contribution in [3.8, 4) is 0 Å². The van der Waals surface area contributed by atoms with Gasteiger partial charge < -0.3 is 0 Å². The van der Waals surface area contributed by atoms with E-state index in [4.69, 9.17) is 0 Å². The second-order valence-electron chi connectivity index (χ2n) is 2.41. The minimum Gasteiger partial charge on any atom is -0.236 e. The van der Waals surface area contributed by atoms with Gasteiger partial charge in [-0.05, 0) is 5.56 Å². The highest BCUT2D eigenvalue weighted by atomic mass is 32.2. The van der Waals surface area contributed by atoms with Crippen LogP contribution in [0.5, 0.6) is 0 Å². The van der Waals surface area contributed by atoms with E-state index in [1.54, 1.807) is 30.3 Å². The maximum atomic E-state index is 11.6. The molecule has 0 saturated heterocycles. The van der Waals surface area contributed by atoms with Gasteiger partial charge in [-0.25, -0.2) is 8.57 Å². The van der Waals surface area contributed by atoms with Crippen molar-refractivity contribution in [1.29, 1.82) is 0 Å². The predicted molar refractivity (Wildman–Crippen MR) is 46.1 cm³/mol. The lowest BCUT2D eigenvalue weighted by atomic mass is 10.2. The highest BCUT2D eigenvalue weighted by Crippen LogP contribution is 2.06. The van der Waals surface area contributed by atoms with Gasteiger partial charge in [0.2, 0.25) is 6.86 Å². The van der Waals surface area contributed by atoms with Gasteiger partial charge in [0.1, 0.15) is 5.75 Å². The molecular weight excluding hydrogens is 195 g/mol. The SMILES string of the molecule is O=S(=O)(Cc1ccccc1)OCF. The van der Waals surface area contributed by atoms with Gasteiger partial charge in [0, 0.05) is 0 Å². The van der Waals surface area contributed by atoms with Crippen LogP contribution in [0.1, 0.15) is 5.56 Å². The van der Waals surface area contributed by atoms with Crippen LogP contribution in [0.15, 0.2) is 30.3 Å². The Morgan fingerprint density at radius 3 is 2.38 bits per heavy atom. The molecule has 0 aliphatic carbocycles. The van der Waals surface area contributed by atoms with Crippen molar-refractivity contribution in [1.82, 2.24) is 0 Å². The van der Waals surface area contributed by atoms with Gasteiger partial charge in [0.05, 0.1) is 0 Å². The molecule has 1 rings (SSSR count). The summed E-state index contributed by atoms with van der Waals surface area (Å²) in [5.41, 5.74) is 0.580. The van der Waals surface area contributed by atoms with Gasteiger partial charge in [0.15, 0.2) is 0 Å². The van der Waals surface area contributed by atoms with E-state index in [1.807, 2.05) is 0 Å². The van der Waals surface area contributed by atoms with Crippen molar-refractivity contribution >= 4 is 10.1 Å². The second kappa shape index (κ2) is 4.34. The Labute approximate surface area is 76.3 Å². The fourth-order valence-electron chi connectivity index (χ4n) is 0.888. The largest absolute Gasteiger partial charge is 0.274 e. The number of rotatable bonds is 4. The first kappa shape index (κ1) is 10.1. The lowest BCUT2D eigenvalue weighted by molar-refractivity contribution is 0.198. The molecule has 0 N–H and O–H groups in total. The van der Waals surface area contributed by atoms with Crippen molar-refractivity contribution in [2.75, 3.05) is 6.86 Å². The summed E-state index contributed by atoms with van der Waals surface area (Å²) in [6, 6.07) is 8.46. The lowest BCUT2D eigenvalue weighted by Gasteiger charge is -2.01. The normalized spacial score (nSPS) is 11.5. The van der Waals surface area contributed by atoms with E-state index in [2.05, 4.69) is 4.18 Å². The summed E-state index contributed by atoms with van der Waals surface area (Å²) in [4.78, 5) is 0. The quantitative estimate of drug-likeness (QED) is 0.697. The lowest BCUT2D eigenvalue weighted by Crippen LogP contribution is -2.07. The summed E-state index contributed by atoms with van der Waals surface area (Å²) in [6.45, 7) is -1.31. The molecule has 0 amide bonds. The molecule has 13 heavy (non-hydrogen) atoms. The van der Waals surface area contributed by atoms with E-state index in [1.165, 1.54) is 0 Å². The van der Waals surface area contributed by atoms with Crippen LogP contribution in [0.25, 0.3) is 0 Å². The van der Waals surface area contributed by atoms with E-state index >= 15 is 0 Å². The van der Waals surface area contributed by atoms with Crippen molar-refractivity contribution in [2.45, 2.75) is 5.75 Å². The zero-order valence-corrected chi connectivity index (χ0v) is 7.63. The fourth-order valence-corrected chi connectivity index (χ4v) is 1.71. The minimum atomic E-state index is -3.76. The number of hydrogen-bond acceptors (Lipinski definition) is 3. The third-order valence-corrected chi connectivity index (χ3v) is 2.55. The number of halogens is 1. The van der Waals surface area contributed by atoms with Crippen LogP contribution in [0, 0.1) is 0 Å². The molecule has 0 aromatic heterocycles. The van der Waals surface area contributed by atoms with Crippen LogP contribution < -0.4 is 0 Å². The Bertz CT molecular complexity index is 347. The van der Waals surface area contributed by atoms with Gasteiger partial charge in [-0.3, -0.25) is 0 Å². The van der Waals surface area contributed by atoms with Crippen LogP contribution in [-0.4, -0.2) is 15.3 Å². The molecule has 1 aromatic rings. The molecule has 0 bridgehead atoms. The van der Waals surface area contributed by atoms with Crippen LogP contribution in [-0.2, 0) is 20.1 Å². The van der Waals surface area contributed by atoms with E-state index in [-0.39, 0.29) is 5.75 Å². The van der Waals surface area contributed by atoms with Gasteiger partial charge >= 0.3 is 0 Å². The predicted octanol–water partition coefficient (Wildman–Crippen LogP) is 1.46. The maximum Gasteiger partial charge on any atom is 0.274 e. The molecule has 72 valence electrons. The van der Waals surface area contributed by atoms with Crippen molar-refractivity contribution < 1.29 is 17.0 Å². The van der Waals surface area contributed by atoms with Gasteiger partial charge in [-0.15, -0.1) is 0 Å². The molecule has 0 aliphatic rings. The minimum absolute atomic E-state index is 0.294. The van der Waals surface area contributed by atoms with Crippen LogP contribution in [0.3, 0.4) is 0 Å². The number of benzene rings is 1. The first-order valence-electron chi connectivity index (χ1n) is 3.61. The van der Waals surface area contributed by atoms with Crippen molar-refractivity contribution in [3.05, 3.63) is 35.9 Å². The Hall–Kier alpha value is -0.940. The summed E-state index contributed by atoms with van der Waals surface area (Å²) in [5.74, 6) is -0.294. The fraction of sp³-hybridized carbons (Fsp3) is 0.250. The monoisotopic (exact) mass is 204 g/mol. The standard InChI is InChI=1S/C8H9FO3S/c9-7-12-13(10,11)6-8-4-2-1-3-5-8/h1-5H,6-7H2. The summed E-state index contributed by atoms with van der Waals surface area (Å²) >= 11 is 0. The highest BCUT2D eigenvalue weighted by Gasteiger charge is 2.11. The molecule has 0 radical (unpaired) electrons. The molecule has 5 heteroatoms. The van der Waals surface area contributed by atoms with E-state index in [0.717, 1.165) is 0 Å². The molecular formula is C8H9FO3S. The maximum absolute atomic E-state index is 11.6. The van der Waals surface area contributed by atoms with Gasteiger partial charge in [-0.1, -0.05) is 30.3 Å². The van der Waals surface area contributed by atoms with Crippen LogP contribution in [0.4, 0.5) is 4.39 Å². The molecule has 0 aliphatic heterocycles. The molecule has 0 unspecified atom stereocenters. The first-order valence-corrected chi connectivity index (χ1v) is 5.19. The average Bonchev–Trinajstić information content (AvgIpc) is 2.04. The molecule has 0 fully saturated rings. The molecule has 0 spiro atoms. The highest BCUT2D eigenvalue weighted by molar-refractivity contribution is 7.85. The van der Waals surface area contributed by atoms with Crippen LogP contribution >= 0.6 is 0 Å². The average molecular weight is 204 g/mol. The number of alkyl halides is 1. The first-order chi connectivity index (χ1) is 6.14. The zero-order valence-electron chi connectivity index (χ0n) is 6.81. The topological polar surface area (TPSA) is 43.4 Å². The third-order valence-electron chi connectivity index (χ3n) is 1.41. The van der Waals surface area contributed by atoms with Crippen molar-refractivity contribution in [3.63, 3.8) is 0 Å². The summed E-state index contributed by atoms with van der Waals surface area (Å²) in [6.07, 6.45) is 0. The van der Waals surface area contributed by atoms with Crippen LogP contribution in [0.2, 0.25) is 0 Å². The van der Waals surface area contributed by atoms with Gasteiger partial charge in [-0.2, -0.15) is 8.42 Å².